The number of benzene rings is 1. The number of anilines is 1. The average molecular weight is 535 g/mol. The number of nitrogens with zero attached hydrogens (tertiary/aromatic N) is 2. The van der Waals surface area contributed by atoms with Gasteiger partial charge in [-0.15, -0.1) is 11.8 Å². The van der Waals surface area contributed by atoms with Crippen molar-refractivity contribution in [1.82, 2.24) is 20.4 Å². The smallest absolute Gasteiger partial charge is 0.251 e. The van der Waals surface area contributed by atoms with Crippen LogP contribution in [0.25, 0.3) is 0 Å². The van der Waals surface area contributed by atoms with Crippen LogP contribution < -0.4 is 21.7 Å². The Morgan fingerprint density at radius 3 is 2.49 bits per heavy atom. The van der Waals surface area contributed by atoms with Gasteiger partial charge in [0.1, 0.15) is 16.7 Å². The molecule has 2 aliphatic rings. The minimum absolute atomic E-state index is 0.0571. The van der Waals surface area contributed by atoms with Gasteiger partial charge in [-0.05, 0) is 57.1 Å². The molecular formula is C26H42N6O4S. The molecule has 6 N–H and O–H groups in total. The second-order valence-electron chi connectivity index (χ2n) is 10.5. The standard InChI is InChI=1S/C26H42N6O4S/c1-4-32-24(36)20(37-25(32)21(27)23(35)30-16-26(2,3)17-33)15-29-19-9-7-18(8-10-19)22(34)28-11-14-31-12-5-6-13-31/h7-10,20-21,25,29,33H,4-6,11-17,27H2,1-3H3,(H,28,34)(H,30,35)/t20-,21-,25?/m1/s1. The van der Waals surface area contributed by atoms with E-state index in [0.29, 0.717) is 31.7 Å². The number of thioether (sulfide) groups is 1. The van der Waals surface area contributed by atoms with Crippen molar-refractivity contribution in [2.75, 3.05) is 57.7 Å². The molecule has 2 fully saturated rings. The monoisotopic (exact) mass is 534 g/mol. The number of likely N-dealkylation sites (N-methyl/N-ethyl adjacent to an activating group) is 1. The van der Waals surface area contributed by atoms with E-state index in [1.54, 1.807) is 17.0 Å². The van der Waals surface area contributed by atoms with Crippen molar-refractivity contribution < 1.29 is 19.5 Å². The second kappa shape index (κ2) is 13.5. The first-order valence-corrected chi connectivity index (χ1v) is 14.0. The molecule has 2 saturated heterocycles. The maximum Gasteiger partial charge on any atom is 0.251 e. The Morgan fingerprint density at radius 1 is 1.19 bits per heavy atom. The van der Waals surface area contributed by atoms with Crippen molar-refractivity contribution in [2.24, 2.45) is 11.1 Å². The van der Waals surface area contributed by atoms with Gasteiger partial charge in [-0.3, -0.25) is 14.4 Å². The molecule has 37 heavy (non-hydrogen) atoms. The highest BCUT2D eigenvalue weighted by molar-refractivity contribution is 8.01. The summed E-state index contributed by atoms with van der Waals surface area (Å²) in [7, 11) is 0. The molecule has 3 rings (SSSR count). The number of likely N-dealkylation sites (tertiary alicyclic amines) is 1. The Hall–Kier alpha value is -2.34. The van der Waals surface area contributed by atoms with Crippen molar-refractivity contribution in [3.05, 3.63) is 29.8 Å². The summed E-state index contributed by atoms with van der Waals surface area (Å²) in [5.74, 6) is -0.491. The molecule has 0 radical (unpaired) electrons. The van der Waals surface area contributed by atoms with E-state index >= 15 is 0 Å². The molecule has 0 bridgehead atoms. The normalized spacial score (nSPS) is 21.2. The predicted octanol–water partition coefficient (Wildman–Crippen LogP) is 0.676. The van der Waals surface area contributed by atoms with Gasteiger partial charge in [0.2, 0.25) is 11.8 Å². The molecule has 0 aromatic heterocycles. The Labute approximate surface area is 224 Å². The van der Waals surface area contributed by atoms with Crippen molar-refractivity contribution in [1.29, 1.82) is 0 Å². The van der Waals surface area contributed by atoms with E-state index in [1.807, 2.05) is 32.9 Å². The summed E-state index contributed by atoms with van der Waals surface area (Å²) in [5, 5.41) is 17.6. The number of nitrogens with one attached hydrogen (secondary N) is 3. The summed E-state index contributed by atoms with van der Waals surface area (Å²) in [6.07, 6.45) is 2.47. The number of carbonyl (C=O) groups excluding carboxylic acids is 3. The molecule has 2 aliphatic heterocycles. The lowest BCUT2D eigenvalue weighted by Crippen LogP contribution is -2.54. The molecule has 206 valence electrons. The van der Waals surface area contributed by atoms with Gasteiger partial charge in [-0.25, -0.2) is 0 Å². The Bertz CT molecular complexity index is 922. The number of rotatable bonds is 13. The molecule has 10 nitrogen and oxygen atoms in total. The van der Waals surface area contributed by atoms with Crippen LogP contribution in [0.2, 0.25) is 0 Å². The molecule has 1 unspecified atom stereocenters. The number of aliphatic hydroxyl groups is 1. The van der Waals surface area contributed by atoms with Crippen molar-refractivity contribution in [3.8, 4) is 0 Å². The van der Waals surface area contributed by atoms with Crippen molar-refractivity contribution in [3.63, 3.8) is 0 Å². The first kappa shape index (κ1) is 29.2. The van der Waals surface area contributed by atoms with Crippen LogP contribution >= 0.6 is 11.8 Å². The van der Waals surface area contributed by atoms with Gasteiger partial charge >= 0.3 is 0 Å². The lowest BCUT2D eigenvalue weighted by atomic mass is 9.95. The van der Waals surface area contributed by atoms with Gasteiger partial charge in [-0.1, -0.05) is 13.8 Å². The van der Waals surface area contributed by atoms with Crippen LogP contribution in [0.4, 0.5) is 5.69 Å². The molecule has 2 heterocycles. The van der Waals surface area contributed by atoms with Crippen LogP contribution in [0.3, 0.4) is 0 Å². The number of aliphatic hydroxyl groups excluding tert-OH is 1. The summed E-state index contributed by atoms with van der Waals surface area (Å²) in [6, 6.07) is 6.32. The number of nitrogens with two attached hydrogens (primary N) is 1. The molecule has 3 atom stereocenters. The van der Waals surface area contributed by atoms with E-state index in [2.05, 4.69) is 20.9 Å². The van der Waals surface area contributed by atoms with E-state index in [9.17, 15) is 19.5 Å². The summed E-state index contributed by atoms with van der Waals surface area (Å²) >= 11 is 1.38. The van der Waals surface area contributed by atoms with Crippen LogP contribution in [0, 0.1) is 5.41 Å². The minimum Gasteiger partial charge on any atom is -0.396 e. The lowest BCUT2D eigenvalue weighted by Gasteiger charge is -2.28. The van der Waals surface area contributed by atoms with Gasteiger partial charge in [0.25, 0.3) is 5.91 Å². The zero-order chi connectivity index (χ0) is 27.0. The van der Waals surface area contributed by atoms with E-state index in [-0.39, 0.29) is 29.6 Å². The molecule has 0 spiro atoms. The fourth-order valence-corrected chi connectivity index (χ4v) is 5.84. The highest BCUT2D eigenvalue weighted by Gasteiger charge is 2.44. The second-order valence-corrected chi connectivity index (χ2v) is 11.8. The maximum absolute atomic E-state index is 13.0. The SMILES string of the molecule is CCN1C(=O)[C@@H](CNc2ccc(C(=O)NCCN3CCCC3)cc2)SC1[C@H](N)C(=O)NCC(C)(C)CO. The maximum atomic E-state index is 13.0. The van der Waals surface area contributed by atoms with Crippen LogP contribution in [-0.4, -0.2) is 102 Å². The number of hydrogen-bond donors (Lipinski definition) is 5. The third-order valence-corrected chi connectivity index (χ3v) is 8.36. The average Bonchev–Trinajstić information content (AvgIpc) is 3.53. The molecule has 1 aromatic rings. The van der Waals surface area contributed by atoms with E-state index < -0.39 is 16.8 Å². The Balaban J connectivity index is 1.48. The molecular weight excluding hydrogens is 492 g/mol. The van der Waals surface area contributed by atoms with Crippen molar-refractivity contribution in [2.45, 2.75) is 50.3 Å². The fraction of sp³-hybridized carbons (Fsp3) is 0.654. The minimum atomic E-state index is -0.878. The molecule has 3 amide bonds. The van der Waals surface area contributed by atoms with Crippen LogP contribution in [0.5, 0.6) is 0 Å². The van der Waals surface area contributed by atoms with Crippen molar-refractivity contribution >= 4 is 35.2 Å². The number of hydrogen-bond acceptors (Lipinski definition) is 8. The summed E-state index contributed by atoms with van der Waals surface area (Å²) in [4.78, 5) is 42.1. The van der Waals surface area contributed by atoms with Gasteiger partial charge in [0, 0.05) is 56.0 Å². The summed E-state index contributed by atoms with van der Waals surface area (Å²) in [5.41, 5.74) is 7.21. The zero-order valence-corrected chi connectivity index (χ0v) is 23.0. The van der Waals surface area contributed by atoms with Gasteiger partial charge < -0.3 is 36.6 Å². The molecule has 0 saturated carbocycles. The highest BCUT2D eigenvalue weighted by atomic mass is 32.2. The van der Waals surface area contributed by atoms with E-state index in [1.165, 1.54) is 24.6 Å². The number of amides is 3. The molecule has 11 heteroatoms. The van der Waals surface area contributed by atoms with Crippen LogP contribution in [0.1, 0.15) is 44.0 Å². The predicted molar refractivity (Wildman–Crippen MR) is 147 cm³/mol. The van der Waals surface area contributed by atoms with Crippen LogP contribution in [0.15, 0.2) is 24.3 Å². The number of carbonyl (C=O) groups is 3. The lowest BCUT2D eigenvalue weighted by molar-refractivity contribution is -0.131. The quantitative estimate of drug-likeness (QED) is 0.249. The summed E-state index contributed by atoms with van der Waals surface area (Å²) < 4.78 is 0. The van der Waals surface area contributed by atoms with E-state index in [4.69, 9.17) is 5.73 Å². The first-order chi connectivity index (χ1) is 17.6. The third-order valence-electron chi connectivity index (χ3n) is 6.84. The fourth-order valence-electron chi connectivity index (χ4n) is 4.38. The van der Waals surface area contributed by atoms with Crippen LogP contribution in [-0.2, 0) is 9.59 Å². The van der Waals surface area contributed by atoms with E-state index in [0.717, 1.165) is 25.3 Å². The van der Waals surface area contributed by atoms with Gasteiger partial charge in [0.05, 0.1) is 0 Å². The van der Waals surface area contributed by atoms with Gasteiger partial charge in [0.15, 0.2) is 0 Å². The van der Waals surface area contributed by atoms with Gasteiger partial charge in [-0.2, -0.15) is 0 Å². The highest BCUT2D eigenvalue weighted by Crippen LogP contribution is 2.33. The Morgan fingerprint density at radius 2 is 1.86 bits per heavy atom. The molecule has 0 aliphatic carbocycles. The zero-order valence-electron chi connectivity index (χ0n) is 22.2. The molecule has 1 aromatic carbocycles. The first-order valence-electron chi connectivity index (χ1n) is 13.1. The Kier molecular flexibility index (Phi) is 10.6. The summed E-state index contributed by atoms with van der Waals surface area (Å²) in [6.45, 7) is 10.4. The topological polar surface area (TPSA) is 140 Å². The third kappa shape index (κ3) is 8.07. The largest absolute Gasteiger partial charge is 0.396 e.